The topological polar surface area (TPSA) is 49.3 Å². The van der Waals surface area contributed by atoms with E-state index >= 15 is 0 Å². The number of aliphatic hydroxyl groups is 1. The van der Waals surface area contributed by atoms with Gasteiger partial charge in [-0.05, 0) is 62.0 Å². The highest BCUT2D eigenvalue weighted by molar-refractivity contribution is 5.84. The molecule has 1 aromatic carbocycles. The van der Waals surface area contributed by atoms with Gasteiger partial charge in [-0.15, -0.1) is 0 Å². The van der Waals surface area contributed by atoms with Crippen molar-refractivity contribution in [2.24, 2.45) is 5.92 Å². The number of aliphatic hydroxyl groups excluding tert-OH is 1. The lowest BCUT2D eigenvalue weighted by atomic mass is 9.82. The van der Waals surface area contributed by atoms with Gasteiger partial charge in [-0.3, -0.25) is 4.79 Å². The third kappa shape index (κ3) is 3.46. The lowest BCUT2D eigenvalue weighted by molar-refractivity contribution is -0.123. The van der Waals surface area contributed by atoms with Crippen LogP contribution in [0, 0.1) is 5.92 Å². The van der Waals surface area contributed by atoms with Crippen molar-refractivity contribution in [3.63, 3.8) is 0 Å². The van der Waals surface area contributed by atoms with Crippen LogP contribution in [0.3, 0.4) is 0 Å². The molecule has 0 bridgehead atoms. The molecule has 3 heteroatoms. The van der Waals surface area contributed by atoms with Crippen molar-refractivity contribution in [1.29, 1.82) is 0 Å². The van der Waals surface area contributed by atoms with E-state index in [-0.39, 0.29) is 17.9 Å². The number of hydrogen-bond acceptors (Lipinski definition) is 2. The third-order valence-corrected chi connectivity index (χ3v) is 5.07. The number of nitrogens with one attached hydrogen (secondary N) is 1. The summed E-state index contributed by atoms with van der Waals surface area (Å²) in [4.78, 5) is 12.5. The highest BCUT2D eigenvalue weighted by atomic mass is 16.3. The van der Waals surface area contributed by atoms with Gasteiger partial charge in [0.15, 0.2) is 0 Å². The molecule has 21 heavy (non-hydrogen) atoms. The van der Waals surface area contributed by atoms with E-state index in [4.69, 9.17) is 0 Å². The summed E-state index contributed by atoms with van der Waals surface area (Å²) >= 11 is 0. The molecule has 3 nitrogen and oxygen atoms in total. The number of carbonyl (C=O) groups excluding carboxylic acids is 1. The van der Waals surface area contributed by atoms with E-state index in [0.717, 1.165) is 51.5 Å². The third-order valence-electron chi connectivity index (χ3n) is 5.07. The van der Waals surface area contributed by atoms with Gasteiger partial charge in [0, 0.05) is 6.54 Å². The number of benzene rings is 1. The second-order valence-electron chi connectivity index (χ2n) is 6.56. The lowest BCUT2D eigenvalue weighted by Gasteiger charge is -2.28. The van der Waals surface area contributed by atoms with Crippen LogP contribution >= 0.6 is 0 Å². The predicted molar refractivity (Wildman–Crippen MR) is 83.1 cm³/mol. The van der Waals surface area contributed by atoms with Crippen LogP contribution < -0.4 is 5.32 Å². The van der Waals surface area contributed by atoms with E-state index in [1.807, 2.05) is 6.07 Å². The smallest absolute Gasteiger partial charge is 0.227 e. The molecule has 1 fully saturated rings. The lowest BCUT2D eigenvalue weighted by Crippen LogP contribution is -2.36. The standard InChI is InChI=1S/C18H25NO2/c20-15-10-8-13(9-11-15)12-19-18(21)17-7-3-5-14-4-1-2-6-16(14)17/h1-2,4,6,13,15,17,20H,3,5,7-12H2,(H,19,21). The molecule has 0 saturated heterocycles. The van der Waals surface area contributed by atoms with E-state index in [0.29, 0.717) is 5.92 Å². The summed E-state index contributed by atoms with van der Waals surface area (Å²) in [6.07, 6.45) is 6.87. The second-order valence-corrected chi connectivity index (χ2v) is 6.56. The normalized spacial score (nSPS) is 28.7. The minimum Gasteiger partial charge on any atom is -0.393 e. The second kappa shape index (κ2) is 6.61. The molecule has 1 atom stereocenters. The maximum atomic E-state index is 12.5. The van der Waals surface area contributed by atoms with E-state index in [2.05, 4.69) is 23.5 Å². The van der Waals surface area contributed by atoms with E-state index in [1.54, 1.807) is 0 Å². The average molecular weight is 287 g/mol. The summed E-state index contributed by atoms with van der Waals surface area (Å²) in [5.41, 5.74) is 2.56. The quantitative estimate of drug-likeness (QED) is 0.898. The fraction of sp³-hybridized carbons (Fsp3) is 0.611. The Balaban J connectivity index is 1.57. The molecule has 1 amide bonds. The van der Waals surface area contributed by atoms with Crippen LogP contribution in [0.1, 0.15) is 55.6 Å². The Morgan fingerprint density at radius 1 is 1.14 bits per heavy atom. The van der Waals surface area contributed by atoms with Crippen molar-refractivity contribution >= 4 is 5.91 Å². The number of rotatable bonds is 3. The van der Waals surface area contributed by atoms with Crippen molar-refractivity contribution in [2.45, 2.75) is 57.0 Å². The Morgan fingerprint density at radius 3 is 2.71 bits per heavy atom. The van der Waals surface area contributed by atoms with Gasteiger partial charge < -0.3 is 10.4 Å². The molecule has 0 aromatic heterocycles. The summed E-state index contributed by atoms with van der Waals surface area (Å²) in [7, 11) is 0. The number of hydrogen-bond donors (Lipinski definition) is 2. The molecule has 1 unspecified atom stereocenters. The van der Waals surface area contributed by atoms with Gasteiger partial charge in [-0.1, -0.05) is 24.3 Å². The van der Waals surface area contributed by atoms with Crippen LogP contribution in [-0.2, 0) is 11.2 Å². The molecule has 2 aliphatic rings. The Hall–Kier alpha value is -1.35. The van der Waals surface area contributed by atoms with Crippen LogP contribution in [0.4, 0.5) is 0 Å². The van der Waals surface area contributed by atoms with Crippen LogP contribution in [0.2, 0.25) is 0 Å². The highest BCUT2D eigenvalue weighted by Gasteiger charge is 2.27. The van der Waals surface area contributed by atoms with Gasteiger partial charge in [0.25, 0.3) is 0 Å². The molecule has 114 valence electrons. The van der Waals surface area contributed by atoms with Crippen LogP contribution in [0.15, 0.2) is 24.3 Å². The SMILES string of the molecule is O=C(NCC1CCC(O)CC1)C1CCCc2ccccc21. The highest BCUT2D eigenvalue weighted by Crippen LogP contribution is 2.31. The Morgan fingerprint density at radius 2 is 1.90 bits per heavy atom. The Labute approximate surface area is 126 Å². The molecule has 0 spiro atoms. The fourth-order valence-corrected chi connectivity index (χ4v) is 3.74. The molecule has 1 aromatic rings. The first-order valence-electron chi connectivity index (χ1n) is 8.27. The monoisotopic (exact) mass is 287 g/mol. The van der Waals surface area contributed by atoms with Gasteiger partial charge in [0.2, 0.25) is 5.91 Å². The predicted octanol–water partition coefficient (Wildman–Crippen LogP) is 2.77. The van der Waals surface area contributed by atoms with Gasteiger partial charge in [0.1, 0.15) is 0 Å². The van der Waals surface area contributed by atoms with Gasteiger partial charge in [-0.25, -0.2) is 0 Å². The number of fused-ring (bicyclic) bond motifs is 1. The van der Waals surface area contributed by atoms with Gasteiger partial charge in [0.05, 0.1) is 12.0 Å². The molecule has 1 saturated carbocycles. The molecule has 0 radical (unpaired) electrons. The summed E-state index contributed by atoms with van der Waals surface area (Å²) in [6.45, 7) is 0.768. The zero-order valence-corrected chi connectivity index (χ0v) is 12.6. The zero-order chi connectivity index (χ0) is 14.7. The average Bonchev–Trinajstić information content (AvgIpc) is 2.53. The van der Waals surface area contributed by atoms with Crippen molar-refractivity contribution in [3.05, 3.63) is 35.4 Å². The summed E-state index contributed by atoms with van der Waals surface area (Å²) in [6, 6.07) is 8.35. The van der Waals surface area contributed by atoms with E-state index < -0.39 is 0 Å². The van der Waals surface area contributed by atoms with Crippen molar-refractivity contribution < 1.29 is 9.90 Å². The number of amides is 1. The first-order chi connectivity index (χ1) is 10.2. The molecular weight excluding hydrogens is 262 g/mol. The Bertz CT molecular complexity index is 492. The van der Waals surface area contributed by atoms with Crippen molar-refractivity contribution in [1.82, 2.24) is 5.32 Å². The number of aryl methyl sites for hydroxylation is 1. The minimum atomic E-state index is -0.123. The van der Waals surface area contributed by atoms with Crippen LogP contribution in [0.25, 0.3) is 0 Å². The number of carbonyl (C=O) groups is 1. The summed E-state index contributed by atoms with van der Waals surface area (Å²) in [5, 5.41) is 12.7. The van der Waals surface area contributed by atoms with Crippen molar-refractivity contribution in [2.75, 3.05) is 6.54 Å². The first-order valence-corrected chi connectivity index (χ1v) is 8.27. The molecule has 3 rings (SSSR count). The van der Waals surface area contributed by atoms with E-state index in [9.17, 15) is 9.90 Å². The van der Waals surface area contributed by atoms with E-state index in [1.165, 1.54) is 11.1 Å². The molecule has 2 aliphatic carbocycles. The maximum Gasteiger partial charge on any atom is 0.227 e. The molecule has 0 aliphatic heterocycles. The summed E-state index contributed by atoms with van der Waals surface area (Å²) < 4.78 is 0. The first kappa shape index (κ1) is 14.6. The zero-order valence-electron chi connectivity index (χ0n) is 12.6. The van der Waals surface area contributed by atoms with Gasteiger partial charge in [-0.2, -0.15) is 0 Å². The molecular formula is C18H25NO2. The summed E-state index contributed by atoms with van der Waals surface area (Å²) in [5.74, 6) is 0.758. The minimum absolute atomic E-state index is 0.0316. The largest absolute Gasteiger partial charge is 0.393 e. The van der Waals surface area contributed by atoms with Crippen LogP contribution in [0.5, 0.6) is 0 Å². The van der Waals surface area contributed by atoms with Gasteiger partial charge >= 0.3 is 0 Å². The Kier molecular flexibility index (Phi) is 4.59. The molecule has 2 N–H and O–H groups in total. The van der Waals surface area contributed by atoms with Crippen LogP contribution in [-0.4, -0.2) is 23.7 Å². The molecule has 0 heterocycles. The fourth-order valence-electron chi connectivity index (χ4n) is 3.74. The maximum absolute atomic E-state index is 12.5. The van der Waals surface area contributed by atoms with Crippen molar-refractivity contribution in [3.8, 4) is 0 Å².